The van der Waals surface area contributed by atoms with Crippen molar-refractivity contribution < 1.29 is 27.5 Å². The maximum atomic E-state index is 12.0. The number of thioether (sulfide) groups is 1. The van der Waals surface area contributed by atoms with Crippen LogP contribution >= 0.6 is 35.3 Å². The van der Waals surface area contributed by atoms with Crippen molar-refractivity contribution >= 4 is 47.2 Å². The Bertz CT molecular complexity index is 847. The SMILES string of the molecule is CSc1nn(-c2ccc(C(=O)OCC(=O)NCC(F)(F)F)cc2)c(=S)s1. The Hall–Kier alpha value is -1.92. The van der Waals surface area contributed by atoms with E-state index in [0.29, 0.717) is 9.64 Å². The zero-order valence-corrected chi connectivity index (χ0v) is 15.7. The number of hydrogen-bond donors (Lipinski definition) is 1. The number of amides is 1. The second-order valence-electron chi connectivity index (χ2n) is 4.76. The number of nitrogens with zero attached hydrogens (tertiary/aromatic N) is 2. The Morgan fingerprint density at radius 3 is 2.54 bits per heavy atom. The van der Waals surface area contributed by atoms with Gasteiger partial charge < -0.3 is 10.1 Å². The van der Waals surface area contributed by atoms with E-state index in [1.807, 2.05) is 6.26 Å². The van der Waals surface area contributed by atoms with Crippen LogP contribution in [0.3, 0.4) is 0 Å². The Balaban J connectivity index is 1.95. The van der Waals surface area contributed by atoms with E-state index >= 15 is 0 Å². The van der Waals surface area contributed by atoms with E-state index in [1.165, 1.54) is 35.2 Å². The summed E-state index contributed by atoms with van der Waals surface area (Å²) in [5.41, 5.74) is 0.787. The molecule has 1 aromatic carbocycles. The van der Waals surface area contributed by atoms with Gasteiger partial charge in [0.1, 0.15) is 6.54 Å². The Kier molecular flexibility index (Phi) is 6.78. The molecule has 1 heterocycles. The number of esters is 1. The van der Waals surface area contributed by atoms with Gasteiger partial charge in [0.15, 0.2) is 14.9 Å². The highest BCUT2D eigenvalue weighted by Crippen LogP contribution is 2.22. The first kappa shape index (κ1) is 20.4. The monoisotopic (exact) mass is 423 g/mol. The van der Waals surface area contributed by atoms with Crippen LogP contribution in [0.15, 0.2) is 28.6 Å². The number of carbonyl (C=O) groups is 2. The minimum atomic E-state index is -4.53. The van der Waals surface area contributed by atoms with Gasteiger partial charge in [-0.15, -0.1) is 5.10 Å². The highest BCUT2D eigenvalue weighted by Gasteiger charge is 2.27. The lowest BCUT2D eigenvalue weighted by Gasteiger charge is -2.09. The average molecular weight is 423 g/mol. The van der Waals surface area contributed by atoms with Crippen LogP contribution in [-0.4, -0.2) is 47.2 Å². The zero-order chi connectivity index (χ0) is 19.3. The zero-order valence-electron chi connectivity index (χ0n) is 13.2. The Labute approximate surface area is 159 Å². The van der Waals surface area contributed by atoms with E-state index in [1.54, 1.807) is 22.1 Å². The molecule has 0 saturated carbocycles. The molecule has 0 spiro atoms. The van der Waals surface area contributed by atoms with E-state index < -0.39 is 31.2 Å². The lowest BCUT2D eigenvalue weighted by molar-refractivity contribution is -0.140. The van der Waals surface area contributed by atoms with Gasteiger partial charge in [0.2, 0.25) is 0 Å². The fourth-order valence-electron chi connectivity index (χ4n) is 1.71. The molecule has 0 aliphatic heterocycles. The minimum Gasteiger partial charge on any atom is -0.452 e. The second kappa shape index (κ2) is 8.64. The maximum absolute atomic E-state index is 12.0. The van der Waals surface area contributed by atoms with Gasteiger partial charge in [-0.2, -0.15) is 13.2 Å². The number of halogens is 3. The highest BCUT2D eigenvalue weighted by atomic mass is 32.2. The third-order valence-electron chi connectivity index (χ3n) is 2.87. The molecule has 2 aromatic rings. The van der Waals surface area contributed by atoms with Gasteiger partial charge >= 0.3 is 12.1 Å². The van der Waals surface area contributed by atoms with Crippen molar-refractivity contribution in [3.63, 3.8) is 0 Å². The first-order valence-electron chi connectivity index (χ1n) is 6.95. The number of nitrogens with one attached hydrogen (secondary N) is 1. The van der Waals surface area contributed by atoms with Gasteiger partial charge in [0.05, 0.1) is 11.3 Å². The van der Waals surface area contributed by atoms with Crippen molar-refractivity contribution in [2.75, 3.05) is 19.4 Å². The number of benzene rings is 1. The van der Waals surface area contributed by atoms with E-state index in [0.717, 1.165) is 4.34 Å². The number of ether oxygens (including phenoxy) is 1. The average Bonchev–Trinajstić information content (AvgIpc) is 2.98. The molecule has 0 fully saturated rings. The number of aromatic nitrogens is 2. The number of rotatable bonds is 6. The normalized spacial score (nSPS) is 11.2. The Morgan fingerprint density at radius 2 is 2.00 bits per heavy atom. The molecule has 0 unspecified atom stereocenters. The summed E-state index contributed by atoms with van der Waals surface area (Å²) in [5.74, 6) is -1.86. The van der Waals surface area contributed by atoms with E-state index in [9.17, 15) is 22.8 Å². The number of hydrogen-bond acceptors (Lipinski definition) is 7. The molecular formula is C14H12F3N3O3S3. The fourth-order valence-corrected chi connectivity index (χ4v) is 3.49. The number of alkyl halides is 3. The summed E-state index contributed by atoms with van der Waals surface area (Å²) >= 11 is 8.03. The van der Waals surface area contributed by atoms with Gasteiger partial charge in [0.25, 0.3) is 5.91 Å². The quantitative estimate of drug-likeness (QED) is 0.437. The maximum Gasteiger partial charge on any atom is 0.405 e. The molecule has 2 rings (SSSR count). The standard InChI is InChI=1S/C14H12F3N3O3S3/c1-25-12-19-20(13(24)26-12)9-4-2-8(3-5-9)11(22)23-6-10(21)18-7-14(15,16)17/h2-5H,6-7H2,1H3,(H,18,21). The van der Waals surface area contributed by atoms with Gasteiger partial charge in [0, 0.05) is 0 Å². The van der Waals surface area contributed by atoms with Gasteiger partial charge in [-0.25, -0.2) is 9.48 Å². The van der Waals surface area contributed by atoms with Crippen LogP contribution in [0.25, 0.3) is 5.69 Å². The highest BCUT2D eigenvalue weighted by molar-refractivity contribution is 8.00. The van der Waals surface area contributed by atoms with Crippen LogP contribution in [0.5, 0.6) is 0 Å². The fraction of sp³-hybridized carbons (Fsp3) is 0.286. The van der Waals surface area contributed by atoms with Gasteiger partial charge in [-0.1, -0.05) is 23.1 Å². The Morgan fingerprint density at radius 1 is 1.35 bits per heavy atom. The van der Waals surface area contributed by atoms with Crippen molar-refractivity contribution in [3.8, 4) is 5.69 Å². The lowest BCUT2D eigenvalue weighted by atomic mass is 10.2. The van der Waals surface area contributed by atoms with Gasteiger partial charge in [-0.3, -0.25) is 4.79 Å². The smallest absolute Gasteiger partial charge is 0.405 e. The second-order valence-corrected chi connectivity index (χ2v) is 7.44. The first-order chi connectivity index (χ1) is 12.2. The van der Waals surface area contributed by atoms with Crippen molar-refractivity contribution in [3.05, 3.63) is 33.8 Å². The molecule has 1 amide bonds. The molecule has 0 aliphatic rings. The molecule has 0 aliphatic carbocycles. The van der Waals surface area contributed by atoms with Crippen LogP contribution in [0.1, 0.15) is 10.4 Å². The van der Waals surface area contributed by atoms with Crippen LogP contribution in [0, 0.1) is 3.95 Å². The predicted molar refractivity (Wildman–Crippen MR) is 93.4 cm³/mol. The molecule has 0 saturated heterocycles. The lowest BCUT2D eigenvalue weighted by Crippen LogP contribution is -2.36. The molecule has 26 heavy (non-hydrogen) atoms. The molecule has 0 bridgehead atoms. The summed E-state index contributed by atoms with van der Waals surface area (Å²) in [6.07, 6.45) is -2.65. The summed E-state index contributed by atoms with van der Waals surface area (Å²) in [6.45, 7) is -2.28. The third kappa shape index (κ3) is 5.81. The van der Waals surface area contributed by atoms with Crippen molar-refractivity contribution in [1.29, 1.82) is 0 Å². The van der Waals surface area contributed by atoms with E-state index in [4.69, 9.17) is 12.2 Å². The molecule has 6 nitrogen and oxygen atoms in total. The van der Waals surface area contributed by atoms with E-state index in [-0.39, 0.29) is 5.56 Å². The summed E-state index contributed by atoms with van der Waals surface area (Å²) in [4.78, 5) is 23.1. The molecule has 0 atom stereocenters. The van der Waals surface area contributed by atoms with Crippen molar-refractivity contribution in [2.24, 2.45) is 0 Å². The number of carbonyl (C=O) groups excluding carboxylic acids is 2. The molecule has 1 aromatic heterocycles. The third-order valence-corrected chi connectivity index (χ3v) is 5.08. The van der Waals surface area contributed by atoms with Crippen molar-refractivity contribution in [1.82, 2.24) is 15.1 Å². The molecule has 12 heteroatoms. The van der Waals surface area contributed by atoms with Crippen LogP contribution in [-0.2, 0) is 9.53 Å². The molecule has 0 radical (unpaired) electrons. The summed E-state index contributed by atoms with van der Waals surface area (Å²) in [5, 5.41) is 5.91. The summed E-state index contributed by atoms with van der Waals surface area (Å²) < 4.78 is 43.5. The van der Waals surface area contributed by atoms with Crippen LogP contribution in [0.2, 0.25) is 0 Å². The van der Waals surface area contributed by atoms with Crippen LogP contribution in [0.4, 0.5) is 13.2 Å². The van der Waals surface area contributed by atoms with Crippen LogP contribution < -0.4 is 5.32 Å². The minimum absolute atomic E-state index is 0.143. The molecule has 1 N–H and O–H groups in total. The summed E-state index contributed by atoms with van der Waals surface area (Å²) in [7, 11) is 0. The van der Waals surface area contributed by atoms with Crippen molar-refractivity contribution in [2.45, 2.75) is 10.5 Å². The topological polar surface area (TPSA) is 73.2 Å². The predicted octanol–water partition coefficient (Wildman–Crippen LogP) is 3.22. The molecular weight excluding hydrogens is 411 g/mol. The van der Waals surface area contributed by atoms with Gasteiger partial charge in [-0.05, 0) is 42.7 Å². The summed E-state index contributed by atoms with van der Waals surface area (Å²) in [6, 6.07) is 6.09. The molecule has 140 valence electrons. The first-order valence-corrected chi connectivity index (χ1v) is 9.40. The van der Waals surface area contributed by atoms with E-state index in [2.05, 4.69) is 9.84 Å². The largest absolute Gasteiger partial charge is 0.452 e.